The van der Waals surface area contributed by atoms with E-state index in [0.717, 1.165) is 63.1 Å². The SMILES string of the molecule is CC(=O)c1c(C)c2cnc(Nc3ccc(N4CCN(Cc5cncc(N6CCC(=O)NC6=O)c5)CC4)cn3)nc2n(C2CCCC2)c1=O. The molecule has 2 aliphatic heterocycles. The third-order valence-electron chi connectivity index (χ3n) is 9.53. The summed E-state index contributed by atoms with van der Waals surface area (Å²) in [4.78, 5) is 74.1. The number of amides is 3. The maximum absolute atomic E-state index is 13.5. The van der Waals surface area contributed by atoms with Crippen LogP contribution in [0.25, 0.3) is 11.0 Å². The number of Topliss-reactive ketones (excluding diaryl/α,β-unsaturated/α-hetero) is 1. The van der Waals surface area contributed by atoms with Crippen LogP contribution in [0.3, 0.4) is 0 Å². The van der Waals surface area contributed by atoms with Crippen molar-refractivity contribution in [2.75, 3.05) is 47.8 Å². The van der Waals surface area contributed by atoms with Crippen molar-refractivity contribution < 1.29 is 14.4 Å². The van der Waals surface area contributed by atoms with Crippen LogP contribution >= 0.6 is 0 Å². The fourth-order valence-corrected chi connectivity index (χ4v) is 7.01. The molecule has 3 aliphatic rings. The number of aryl methyl sites for hydroxylation is 1. The number of carbonyl (C=O) groups is 3. The van der Waals surface area contributed by atoms with Crippen molar-refractivity contribution in [3.8, 4) is 0 Å². The molecule has 0 bridgehead atoms. The number of hydrogen-bond acceptors (Lipinski definition) is 11. The number of imide groups is 1. The molecular weight excluding hydrogens is 612 g/mol. The van der Waals surface area contributed by atoms with Crippen LogP contribution in [0.5, 0.6) is 0 Å². The van der Waals surface area contributed by atoms with Crippen LogP contribution in [-0.2, 0) is 11.3 Å². The first-order valence-electron chi connectivity index (χ1n) is 16.4. The minimum atomic E-state index is -0.414. The van der Waals surface area contributed by atoms with E-state index in [9.17, 15) is 19.2 Å². The summed E-state index contributed by atoms with van der Waals surface area (Å²) >= 11 is 0. The van der Waals surface area contributed by atoms with E-state index in [1.165, 1.54) is 6.92 Å². The Kier molecular flexibility index (Phi) is 8.56. The molecule has 1 saturated carbocycles. The third-order valence-corrected chi connectivity index (χ3v) is 9.53. The lowest BCUT2D eigenvalue weighted by Crippen LogP contribution is -2.49. The van der Waals surface area contributed by atoms with Crippen LogP contribution < -0.4 is 26.0 Å². The van der Waals surface area contributed by atoms with Gasteiger partial charge in [-0.05, 0) is 56.0 Å². The van der Waals surface area contributed by atoms with Gasteiger partial charge in [0.15, 0.2) is 5.78 Å². The number of anilines is 4. The molecule has 248 valence electrons. The topological polar surface area (TPSA) is 159 Å². The number of urea groups is 1. The number of piperazine rings is 1. The van der Waals surface area contributed by atoms with Gasteiger partial charge in [-0.1, -0.05) is 12.8 Å². The molecule has 7 rings (SSSR count). The van der Waals surface area contributed by atoms with Crippen molar-refractivity contribution in [3.63, 3.8) is 0 Å². The van der Waals surface area contributed by atoms with Crippen LogP contribution in [0.1, 0.15) is 66.6 Å². The molecule has 3 amide bonds. The number of hydrogen-bond donors (Lipinski definition) is 2. The minimum Gasteiger partial charge on any atom is -0.368 e. The smallest absolute Gasteiger partial charge is 0.328 e. The number of pyridine rings is 3. The Morgan fingerprint density at radius 3 is 2.46 bits per heavy atom. The molecule has 3 fully saturated rings. The van der Waals surface area contributed by atoms with E-state index in [-0.39, 0.29) is 35.3 Å². The molecule has 2 saturated heterocycles. The highest BCUT2D eigenvalue weighted by Gasteiger charge is 2.27. The van der Waals surface area contributed by atoms with Crippen LogP contribution in [-0.4, -0.2) is 79.8 Å². The van der Waals surface area contributed by atoms with E-state index in [2.05, 4.69) is 35.4 Å². The Bertz CT molecular complexity index is 1950. The molecule has 48 heavy (non-hydrogen) atoms. The largest absolute Gasteiger partial charge is 0.368 e. The average Bonchev–Trinajstić information content (AvgIpc) is 3.60. The molecule has 2 N–H and O–H groups in total. The summed E-state index contributed by atoms with van der Waals surface area (Å²) in [7, 11) is 0. The van der Waals surface area contributed by atoms with E-state index < -0.39 is 6.03 Å². The fourth-order valence-electron chi connectivity index (χ4n) is 7.01. The number of rotatable bonds is 8. The summed E-state index contributed by atoms with van der Waals surface area (Å²) in [6.07, 6.45) is 11.1. The second-order valence-corrected chi connectivity index (χ2v) is 12.7. The van der Waals surface area contributed by atoms with Gasteiger partial charge in [0.25, 0.3) is 5.56 Å². The summed E-state index contributed by atoms with van der Waals surface area (Å²) in [5, 5.41) is 6.26. The number of carbonyl (C=O) groups excluding carboxylic acids is 3. The van der Waals surface area contributed by atoms with Crippen molar-refractivity contribution in [1.29, 1.82) is 0 Å². The molecule has 4 aromatic heterocycles. The lowest BCUT2D eigenvalue weighted by Gasteiger charge is -2.36. The Balaban J connectivity index is 1.00. The van der Waals surface area contributed by atoms with E-state index in [1.807, 2.05) is 30.6 Å². The van der Waals surface area contributed by atoms with Gasteiger partial charge in [-0.25, -0.2) is 14.8 Å². The molecule has 14 heteroatoms. The quantitative estimate of drug-likeness (QED) is 0.268. The summed E-state index contributed by atoms with van der Waals surface area (Å²) in [5.74, 6) is 0.422. The van der Waals surface area contributed by atoms with Crippen molar-refractivity contribution in [3.05, 3.63) is 70.0 Å². The highest BCUT2D eigenvalue weighted by Crippen LogP contribution is 2.32. The highest BCUT2D eigenvalue weighted by molar-refractivity contribution is 6.05. The van der Waals surface area contributed by atoms with Gasteiger partial charge >= 0.3 is 6.03 Å². The fraction of sp³-hybridized carbons (Fsp3) is 0.412. The molecule has 0 spiro atoms. The maximum Gasteiger partial charge on any atom is 0.328 e. The second-order valence-electron chi connectivity index (χ2n) is 12.7. The molecule has 0 unspecified atom stereocenters. The third kappa shape index (κ3) is 6.22. The number of nitrogens with zero attached hydrogens (tertiary/aromatic N) is 8. The number of nitrogens with one attached hydrogen (secondary N) is 2. The van der Waals surface area contributed by atoms with Gasteiger partial charge in [-0.15, -0.1) is 0 Å². The predicted molar refractivity (Wildman–Crippen MR) is 181 cm³/mol. The summed E-state index contributed by atoms with van der Waals surface area (Å²) in [6, 6.07) is 5.47. The van der Waals surface area contributed by atoms with Gasteiger partial charge in [-0.2, -0.15) is 4.98 Å². The zero-order chi connectivity index (χ0) is 33.4. The first kappa shape index (κ1) is 31.4. The number of ketones is 1. The Labute approximate surface area is 277 Å². The summed E-state index contributed by atoms with van der Waals surface area (Å²) < 4.78 is 1.71. The Morgan fingerprint density at radius 2 is 1.75 bits per heavy atom. The lowest BCUT2D eigenvalue weighted by atomic mass is 10.0. The number of aromatic nitrogens is 5. The molecule has 0 radical (unpaired) electrons. The molecule has 14 nitrogen and oxygen atoms in total. The maximum atomic E-state index is 13.5. The zero-order valence-electron chi connectivity index (χ0n) is 27.1. The summed E-state index contributed by atoms with van der Waals surface area (Å²) in [5.41, 5.74) is 3.79. The van der Waals surface area contributed by atoms with Gasteiger partial charge in [0, 0.05) is 69.5 Å². The standard InChI is InChI=1S/C34H38N10O4/c1-21-27-19-37-33(40-31(27)44(24-5-3-4-6-24)32(47)30(21)22(2)45)38-28-8-7-25(18-36-28)42-13-11-41(12-14-42)20-23-15-26(17-35-16-23)43-10-9-29(46)39-34(43)48/h7-8,15-19,24H,3-6,9-14,20H2,1-2H3,(H,39,46,48)(H,36,37,38,40). The Morgan fingerprint density at radius 1 is 0.958 bits per heavy atom. The van der Waals surface area contributed by atoms with E-state index in [1.54, 1.807) is 28.8 Å². The van der Waals surface area contributed by atoms with Crippen LogP contribution in [0.2, 0.25) is 0 Å². The van der Waals surface area contributed by atoms with E-state index in [0.29, 0.717) is 47.1 Å². The minimum absolute atomic E-state index is 0.0111. The predicted octanol–water partition coefficient (Wildman–Crippen LogP) is 3.72. The van der Waals surface area contributed by atoms with Crippen LogP contribution in [0.4, 0.5) is 27.9 Å². The van der Waals surface area contributed by atoms with Crippen molar-refractivity contribution in [1.82, 2.24) is 34.7 Å². The van der Waals surface area contributed by atoms with Gasteiger partial charge in [0.05, 0.1) is 29.3 Å². The van der Waals surface area contributed by atoms with Crippen molar-refractivity contribution in [2.24, 2.45) is 0 Å². The molecule has 4 aromatic rings. The van der Waals surface area contributed by atoms with Gasteiger partial charge < -0.3 is 10.2 Å². The lowest BCUT2D eigenvalue weighted by molar-refractivity contribution is -0.120. The van der Waals surface area contributed by atoms with Gasteiger partial charge in [0.2, 0.25) is 11.9 Å². The normalized spacial score (nSPS) is 17.6. The van der Waals surface area contributed by atoms with Gasteiger partial charge in [-0.3, -0.25) is 39.1 Å². The van der Waals surface area contributed by atoms with Crippen molar-refractivity contribution >= 4 is 51.9 Å². The number of fused-ring (bicyclic) bond motifs is 1. The monoisotopic (exact) mass is 650 g/mol. The average molecular weight is 651 g/mol. The van der Waals surface area contributed by atoms with E-state index >= 15 is 0 Å². The molecule has 1 aliphatic carbocycles. The highest BCUT2D eigenvalue weighted by atomic mass is 16.2. The summed E-state index contributed by atoms with van der Waals surface area (Å²) in [6.45, 7) is 7.62. The second kappa shape index (κ2) is 13.1. The zero-order valence-corrected chi connectivity index (χ0v) is 27.1. The van der Waals surface area contributed by atoms with E-state index in [4.69, 9.17) is 4.98 Å². The molecule has 6 heterocycles. The van der Waals surface area contributed by atoms with Gasteiger partial charge in [0.1, 0.15) is 11.5 Å². The molecule has 0 atom stereocenters. The molecular formula is C34H38N10O4. The van der Waals surface area contributed by atoms with Crippen LogP contribution in [0.15, 0.2) is 47.8 Å². The molecule has 0 aromatic carbocycles. The Hall–Kier alpha value is -5.24. The first-order valence-corrected chi connectivity index (χ1v) is 16.4. The van der Waals surface area contributed by atoms with Crippen LogP contribution in [0, 0.1) is 6.92 Å². The van der Waals surface area contributed by atoms with Crippen molar-refractivity contribution in [2.45, 2.75) is 58.5 Å². The first-order chi connectivity index (χ1) is 23.2.